The van der Waals surface area contributed by atoms with Crippen LogP contribution in [0.3, 0.4) is 0 Å². The minimum absolute atomic E-state index is 0.0142. The van der Waals surface area contributed by atoms with Crippen molar-refractivity contribution < 1.29 is 14.7 Å². The maximum atomic E-state index is 11.9. The molecule has 0 saturated carbocycles. The summed E-state index contributed by atoms with van der Waals surface area (Å²) < 4.78 is 0. The van der Waals surface area contributed by atoms with E-state index in [1.807, 2.05) is 19.9 Å². The Morgan fingerprint density at radius 1 is 1.35 bits per heavy atom. The molecule has 2 atom stereocenters. The number of nitrogens with zero attached hydrogens (tertiary/aromatic N) is 1. The van der Waals surface area contributed by atoms with Crippen LogP contribution < -0.4 is 0 Å². The summed E-state index contributed by atoms with van der Waals surface area (Å²) in [5.74, 6) is -1.12. The number of carboxylic acid groups (broad SMARTS) is 1. The molecule has 2 unspecified atom stereocenters. The van der Waals surface area contributed by atoms with Gasteiger partial charge in [0.15, 0.2) is 0 Å². The van der Waals surface area contributed by atoms with Gasteiger partial charge in [-0.3, -0.25) is 4.79 Å². The first-order valence-electron chi connectivity index (χ1n) is 5.90. The molecular formula is C13H19NO3. The molecule has 1 aliphatic heterocycles. The molecule has 1 fully saturated rings. The third kappa shape index (κ3) is 3.44. The van der Waals surface area contributed by atoms with E-state index >= 15 is 0 Å². The molecule has 0 aromatic carbocycles. The van der Waals surface area contributed by atoms with E-state index in [9.17, 15) is 9.59 Å². The van der Waals surface area contributed by atoms with Crippen molar-refractivity contribution in [2.24, 2.45) is 5.92 Å². The number of aliphatic carboxylic acids is 1. The fourth-order valence-electron chi connectivity index (χ4n) is 2.16. The fourth-order valence-corrected chi connectivity index (χ4v) is 2.16. The van der Waals surface area contributed by atoms with Crippen molar-refractivity contribution in [2.75, 3.05) is 6.54 Å². The van der Waals surface area contributed by atoms with Crippen LogP contribution in [0.5, 0.6) is 0 Å². The lowest BCUT2D eigenvalue weighted by molar-refractivity contribution is -0.152. The topological polar surface area (TPSA) is 57.6 Å². The van der Waals surface area contributed by atoms with Gasteiger partial charge in [-0.15, -0.1) is 0 Å². The zero-order valence-corrected chi connectivity index (χ0v) is 10.3. The minimum Gasteiger partial charge on any atom is -0.480 e. The summed E-state index contributed by atoms with van der Waals surface area (Å²) in [4.78, 5) is 24.5. The maximum absolute atomic E-state index is 11.9. The van der Waals surface area contributed by atoms with Gasteiger partial charge >= 0.3 is 5.97 Å². The normalized spacial score (nSPS) is 25.6. The molecule has 4 heteroatoms. The molecule has 0 aromatic heterocycles. The van der Waals surface area contributed by atoms with Crippen LogP contribution in [0.25, 0.3) is 0 Å². The fraction of sp³-hybridized carbons (Fsp3) is 0.538. The summed E-state index contributed by atoms with van der Waals surface area (Å²) in [6, 6.07) is -0.688. The minimum atomic E-state index is -0.912. The van der Waals surface area contributed by atoms with Crippen LogP contribution in [-0.2, 0) is 9.59 Å². The Kier molecular flexibility index (Phi) is 4.94. The van der Waals surface area contributed by atoms with Gasteiger partial charge in [-0.05, 0) is 25.7 Å². The Balaban J connectivity index is 2.78. The van der Waals surface area contributed by atoms with E-state index in [0.29, 0.717) is 6.54 Å². The average molecular weight is 237 g/mol. The molecule has 0 aromatic rings. The Hall–Kier alpha value is -1.58. The number of carboxylic acids is 1. The monoisotopic (exact) mass is 237 g/mol. The number of amides is 1. The van der Waals surface area contributed by atoms with Gasteiger partial charge in [0, 0.05) is 12.6 Å². The highest BCUT2D eigenvalue weighted by Gasteiger charge is 2.35. The number of allylic oxidation sites excluding steroid dienone is 3. The van der Waals surface area contributed by atoms with Crippen LogP contribution in [0, 0.1) is 5.92 Å². The molecule has 1 heterocycles. The van der Waals surface area contributed by atoms with Crippen molar-refractivity contribution >= 4 is 11.9 Å². The Labute approximate surface area is 102 Å². The highest BCUT2D eigenvalue weighted by Crippen LogP contribution is 2.23. The van der Waals surface area contributed by atoms with Crippen LogP contribution in [0.2, 0.25) is 0 Å². The zero-order chi connectivity index (χ0) is 12.8. The molecule has 0 aliphatic carbocycles. The van der Waals surface area contributed by atoms with Gasteiger partial charge < -0.3 is 10.0 Å². The SMILES string of the molecule is CC=CC=CC(=O)N1CCCC(C)C1C(=O)O. The average Bonchev–Trinajstić information content (AvgIpc) is 2.28. The molecule has 0 bridgehead atoms. The van der Waals surface area contributed by atoms with Crippen molar-refractivity contribution in [3.63, 3.8) is 0 Å². The van der Waals surface area contributed by atoms with E-state index in [1.165, 1.54) is 11.0 Å². The molecule has 17 heavy (non-hydrogen) atoms. The Bertz CT molecular complexity index is 347. The standard InChI is InChI=1S/C13H19NO3/c1-3-4-5-8-11(15)14-9-6-7-10(2)12(14)13(16)17/h3-5,8,10,12H,6-7,9H2,1-2H3,(H,16,17). The van der Waals surface area contributed by atoms with Gasteiger partial charge in [0.25, 0.3) is 0 Å². The summed E-state index contributed by atoms with van der Waals surface area (Å²) in [7, 11) is 0. The first kappa shape index (κ1) is 13.5. The first-order chi connectivity index (χ1) is 8.07. The molecule has 4 nitrogen and oxygen atoms in total. The van der Waals surface area contributed by atoms with E-state index in [0.717, 1.165) is 12.8 Å². The van der Waals surface area contributed by atoms with Gasteiger partial charge in [0.2, 0.25) is 5.91 Å². The maximum Gasteiger partial charge on any atom is 0.326 e. The summed E-state index contributed by atoms with van der Waals surface area (Å²) in [6.45, 7) is 4.27. The molecule has 0 spiro atoms. The summed E-state index contributed by atoms with van der Waals surface area (Å²) in [5.41, 5.74) is 0. The van der Waals surface area contributed by atoms with Gasteiger partial charge in [-0.25, -0.2) is 4.79 Å². The predicted molar refractivity (Wildman–Crippen MR) is 65.5 cm³/mol. The summed E-state index contributed by atoms with van der Waals surface area (Å²) in [6.07, 6.45) is 8.36. The second-order valence-electron chi connectivity index (χ2n) is 4.32. The van der Waals surface area contributed by atoms with Crippen LogP contribution in [-0.4, -0.2) is 34.5 Å². The third-order valence-corrected chi connectivity index (χ3v) is 3.01. The quantitative estimate of drug-likeness (QED) is 0.602. The summed E-state index contributed by atoms with van der Waals surface area (Å²) >= 11 is 0. The lowest BCUT2D eigenvalue weighted by Crippen LogP contribution is -2.51. The van der Waals surface area contributed by atoms with Gasteiger partial charge in [-0.2, -0.15) is 0 Å². The number of piperidine rings is 1. The van der Waals surface area contributed by atoms with Crippen LogP contribution in [0.1, 0.15) is 26.7 Å². The smallest absolute Gasteiger partial charge is 0.326 e. The number of likely N-dealkylation sites (tertiary alicyclic amines) is 1. The predicted octanol–water partition coefficient (Wildman–Crippen LogP) is 1.83. The van der Waals surface area contributed by atoms with E-state index < -0.39 is 12.0 Å². The lowest BCUT2D eigenvalue weighted by atomic mass is 9.90. The number of rotatable bonds is 3. The van der Waals surface area contributed by atoms with Gasteiger partial charge in [0.1, 0.15) is 6.04 Å². The van der Waals surface area contributed by atoms with Crippen molar-refractivity contribution in [1.82, 2.24) is 4.90 Å². The zero-order valence-electron chi connectivity index (χ0n) is 10.3. The van der Waals surface area contributed by atoms with E-state index in [2.05, 4.69) is 0 Å². The number of carbonyl (C=O) groups excluding carboxylic acids is 1. The molecule has 1 aliphatic rings. The van der Waals surface area contributed by atoms with Crippen molar-refractivity contribution in [3.05, 3.63) is 24.3 Å². The van der Waals surface area contributed by atoms with Gasteiger partial charge in [-0.1, -0.05) is 25.2 Å². The second-order valence-corrected chi connectivity index (χ2v) is 4.32. The number of hydrogen-bond donors (Lipinski definition) is 1. The largest absolute Gasteiger partial charge is 0.480 e. The molecule has 94 valence electrons. The number of hydrogen-bond acceptors (Lipinski definition) is 2. The molecule has 1 amide bonds. The van der Waals surface area contributed by atoms with Crippen molar-refractivity contribution in [1.29, 1.82) is 0 Å². The molecule has 0 radical (unpaired) electrons. The highest BCUT2D eigenvalue weighted by molar-refractivity contribution is 5.91. The first-order valence-corrected chi connectivity index (χ1v) is 5.90. The number of carbonyl (C=O) groups is 2. The molecule has 1 rings (SSSR count). The van der Waals surface area contributed by atoms with E-state index in [1.54, 1.807) is 12.2 Å². The summed E-state index contributed by atoms with van der Waals surface area (Å²) in [5, 5.41) is 9.17. The second kappa shape index (κ2) is 6.23. The molecule has 1 N–H and O–H groups in total. The molecule has 1 saturated heterocycles. The van der Waals surface area contributed by atoms with Crippen LogP contribution in [0.15, 0.2) is 24.3 Å². The van der Waals surface area contributed by atoms with Crippen molar-refractivity contribution in [2.45, 2.75) is 32.7 Å². The highest BCUT2D eigenvalue weighted by atomic mass is 16.4. The molecular weight excluding hydrogens is 218 g/mol. The van der Waals surface area contributed by atoms with Crippen LogP contribution in [0.4, 0.5) is 0 Å². The van der Waals surface area contributed by atoms with Crippen molar-refractivity contribution in [3.8, 4) is 0 Å². The van der Waals surface area contributed by atoms with Crippen LogP contribution >= 0.6 is 0 Å². The third-order valence-electron chi connectivity index (χ3n) is 3.01. The Morgan fingerprint density at radius 3 is 2.65 bits per heavy atom. The Morgan fingerprint density at radius 2 is 2.06 bits per heavy atom. The van der Waals surface area contributed by atoms with E-state index in [4.69, 9.17) is 5.11 Å². The van der Waals surface area contributed by atoms with Gasteiger partial charge in [0.05, 0.1) is 0 Å². The lowest BCUT2D eigenvalue weighted by Gasteiger charge is -2.36. The van der Waals surface area contributed by atoms with E-state index in [-0.39, 0.29) is 11.8 Å².